The van der Waals surface area contributed by atoms with E-state index in [0.717, 1.165) is 11.3 Å². The zero-order valence-corrected chi connectivity index (χ0v) is 18.1. The Hall–Kier alpha value is -2.51. The first-order chi connectivity index (χ1) is 14.0. The lowest BCUT2D eigenvalue weighted by molar-refractivity contribution is -0.113. The van der Waals surface area contributed by atoms with Gasteiger partial charge in [-0.2, -0.15) is 0 Å². The zero-order valence-electron chi connectivity index (χ0n) is 16.6. The molecule has 0 aliphatic carbocycles. The van der Waals surface area contributed by atoms with Crippen LogP contribution in [0.3, 0.4) is 0 Å². The Balaban J connectivity index is 1.65. The molecule has 8 heteroatoms. The third-order valence-electron chi connectivity index (χ3n) is 4.32. The number of hydrogen-bond donors (Lipinski definition) is 1. The van der Waals surface area contributed by atoms with Crippen molar-refractivity contribution in [2.24, 2.45) is 0 Å². The molecular formula is C21H23ClN4O2S. The van der Waals surface area contributed by atoms with E-state index < -0.39 is 0 Å². The van der Waals surface area contributed by atoms with Crippen molar-refractivity contribution in [3.63, 3.8) is 0 Å². The van der Waals surface area contributed by atoms with Gasteiger partial charge < -0.3 is 14.6 Å². The molecular weight excluding hydrogens is 408 g/mol. The van der Waals surface area contributed by atoms with E-state index in [1.165, 1.54) is 11.8 Å². The normalized spacial score (nSPS) is 11.9. The molecule has 2 aromatic carbocycles. The second-order valence-electron chi connectivity index (χ2n) is 6.43. The van der Waals surface area contributed by atoms with Crippen molar-refractivity contribution in [2.75, 3.05) is 11.1 Å². The number of nitrogens with one attached hydrogen (secondary N) is 1. The molecule has 0 radical (unpaired) electrons. The highest BCUT2D eigenvalue weighted by molar-refractivity contribution is 7.99. The van der Waals surface area contributed by atoms with E-state index in [0.29, 0.717) is 28.3 Å². The molecule has 1 N–H and O–H groups in total. The van der Waals surface area contributed by atoms with Gasteiger partial charge in [0, 0.05) is 12.2 Å². The predicted molar refractivity (Wildman–Crippen MR) is 117 cm³/mol. The molecule has 6 nitrogen and oxygen atoms in total. The fourth-order valence-corrected chi connectivity index (χ4v) is 3.81. The van der Waals surface area contributed by atoms with Crippen molar-refractivity contribution < 1.29 is 9.53 Å². The minimum atomic E-state index is -0.336. The second kappa shape index (κ2) is 9.80. The minimum Gasteiger partial charge on any atom is -0.481 e. The molecule has 0 aliphatic rings. The molecule has 3 aromatic rings. The lowest BCUT2D eigenvalue weighted by Crippen LogP contribution is -2.16. The van der Waals surface area contributed by atoms with Crippen molar-refractivity contribution >= 4 is 35.0 Å². The first-order valence-electron chi connectivity index (χ1n) is 9.32. The molecule has 0 unspecified atom stereocenters. The molecule has 0 saturated carbocycles. The number of rotatable bonds is 8. The first-order valence-corrected chi connectivity index (χ1v) is 10.7. The minimum absolute atomic E-state index is 0.0862. The summed E-state index contributed by atoms with van der Waals surface area (Å²) >= 11 is 7.53. The highest BCUT2D eigenvalue weighted by Crippen LogP contribution is 2.29. The summed E-state index contributed by atoms with van der Waals surface area (Å²) in [5.41, 5.74) is 1.84. The van der Waals surface area contributed by atoms with Gasteiger partial charge in [0.2, 0.25) is 5.91 Å². The van der Waals surface area contributed by atoms with E-state index in [9.17, 15) is 4.79 Å². The number of amides is 1. The Morgan fingerprint density at radius 2 is 1.93 bits per heavy atom. The van der Waals surface area contributed by atoms with E-state index in [1.807, 2.05) is 67.8 Å². The number of carbonyl (C=O) groups is 1. The van der Waals surface area contributed by atoms with Crippen molar-refractivity contribution in [1.29, 1.82) is 0 Å². The fourth-order valence-electron chi connectivity index (χ4n) is 2.82. The summed E-state index contributed by atoms with van der Waals surface area (Å²) in [4.78, 5) is 12.3. The lowest BCUT2D eigenvalue weighted by atomic mass is 10.2. The van der Waals surface area contributed by atoms with E-state index >= 15 is 0 Å². The summed E-state index contributed by atoms with van der Waals surface area (Å²) in [6.45, 7) is 6.54. The highest BCUT2D eigenvalue weighted by Gasteiger charge is 2.20. The van der Waals surface area contributed by atoms with Gasteiger partial charge in [0.15, 0.2) is 17.1 Å². The quantitative estimate of drug-likeness (QED) is 0.501. The smallest absolute Gasteiger partial charge is 0.234 e. The van der Waals surface area contributed by atoms with Crippen molar-refractivity contribution in [3.05, 3.63) is 64.9 Å². The van der Waals surface area contributed by atoms with Crippen LogP contribution in [0.5, 0.6) is 5.75 Å². The van der Waals surface area contributed by atoms with Gasteiger partial charge in [0.1, 0.15) is 5.75 Å². The van der Waals surface area contributed by atoms with Gasteiger partial charge in [-0.3, -0.25) is 4.79 Å². The van der Waals surface area contributed by atoms with Gasteiger partial charge in [0.25, 0.3) is 0 Å². The fraction of sp³-hybridized carbons (Fsp3) is 0.286. The van der Waals surface area contributed by atoms with Gasteiger partial charge in [0.05, 0.1) is 10.8 Å². The average Bonchev–Trinajstić information content (AvgIpc) is 3.13. The predicted octanol–water partition coefficient (Wildman–Crippen LogP) is 5.13. The molecule has 0 spiro atoms. The molecule has 0 saturated heterocycles. The monoisotopic (exact) mass is 430 g/mol. The SMILES string of the molecule is CCn1c(SCC(=O)Nc2ccccc2C)nnc1[C@H](C)Oc1ccccc1Cl. The number of benzene rings is 2. The largest absolute Gasteiger partial charge is 0.481 e. The van der Waals surface area contributed by atoms with Gasteiger partial charge in [-0.25, -0.2) is 0 Å². The first kappa shape index (κ1) is 21.2. The molecule has 0 fully saturated rings. The van der Waals surface area contributed by atoms with E-state index in [1.54, 1.807) is 6.07 Å². The highest BCUT2D eigenvalue weighted by atomic mass is 35.5. The maximum atomic E-state index is 12.3. The molecule has 1 aromatic heterocycles. The van der Waals surface area contributed by atoms with Crippen LogP contribution in [0.4, 0.5) is 5.69 Å². The van der Waals surface area contributed by atoms with Crippen molar-refractivity contribution in [2.45, 2.75) is 38.6 Å². The van der Waals surface area contributed by atoms with Gasteiger partial charge >= 0.3 is 0 Å². The van der Waals surface area contributed by atoms with E-state index in [2.05, 4.69) is 15.5 Å². The van der Waals surface area contributed by atoms with Gasteiger partial charge in [-0.05, 0) is 44.5 Å². The molecule has 1 atom stereocenters. The van der Waals surface area contributed by atoms with Crippen LogP contribution in [0.25, 0.3) is 0 Å². The van der Waals surface area contributed by atoms with Crippen LogP contribution in [-0.4, -0.2) is 26.4 Å². The molecule has 3 rings (SSSR count). The Morgan fingerprint density at radius 3 is 2.66 bits per heavy atom. The number of thioether (sulfide) groups is 1. The third kappa shape index (κ3) is 5.31. The molecule has 0 bridgehead atoms. The van der Waals surface area contributed by atoms with Crippen molar-refractivity contribution in [1.82, 2.24) is 14.8 Å². The summed E-state index contributed by atoms with van der Waals surface area (Å²) in [6.07, 6.45) is -0.336. The molecule has 1 amide bonds. The number of nitrogens with zero attached hydrogens (tertiary/aromatic N) is 3. The number of ether oxygens (including phenoxy) is 1. The number of hydrogen-bond acceptors (Lipinski definition) is 5. The standard InChI is InChI=1S/C21H23ClN4O2S/c1-4-26-20(15(3)28-18-12-8-6-10-16(18)22)24-25-21(26)29-13-19(27)23-17-11-7-5-9-14(17)2/h5-12,15H,4,13H2,1-3H3,(H,23,27)/t15-/m0/s1. The van der Waals surface area contributed by atoms with Crippen LogP contribution in [0.15, 0.2) is 53.7 Å². The Labute approximate surface area is 179 Å². The number of halogens is 1. The molecule has 1 heterocycles. The summed E-state index contributed by atoms with van der Waals surface area (Å²) in [6, 6.07) is 15.0. The second-order valence-corrected chi connectivity index (χ2v) is 7.78. The van der Waals surface area contributed by atoms with E-state index in [4.69, 9.17) is 16.3 Å². The van der Waals surface area contributed by atoms with Gasteiger partial charge in [-0.15, -0.1) is 10.2 Å². The van der Waals surface area contributed by atoms with Crippen LogP contribution >= 0.6 is 23.4 Å². The third-order valence-corrected chi connectivity index (χ3v) is 5.60. The zero-order chi connectivity index (χ0) is 20.8. The van der Waals surface area contributed by atoms with Crippen molar-refractivity contribution in [3.8, 4) is 5.75 Å². The number of para-hydroxylation sites is 2. The Morgan fingerprint density at radius 1 is 1.21 bits per heavy atom. The molecule has 29 heavy (non-hydrogen) atoms. The summed E-state index contributed by atoms with van der Waals surface area (Å²) < 4.78 is 7.91. The molecule has 152 valence electrons. The maximum absolute atomic E-state index is 12.3. The Bertz CT molecular complexity index is 992. The van der Waals surface area contributed by atoms with Gasteiger partial charge in [-0.1, -0.05) is 53.7 Å². The number of anilines is 1. The van der Waals surface area contributed by atoms with Crippen LogP contribution < -0.4 is 10.1 Å². The average molecular weight is 431 g/mol. The summed E-state index contributed by atoms with van der Waals surface area (Å²) in [5.74, 6) is 1.44. The number of aryl methyl sites for hydroxylation is 1. The number of aromatic nitrogens is 3. The van der Waals surface area contributed by atoms with Crippen LogP contribution in [0.1, 0.15) is 31.3 Å². The maximum Gasteiger partial charge on any atom is 0.234 e. The Kier molecular flexibility index (Phi) is 7.17. The van der Waals surface area contributed by atoms with E-state index in [-0.39, 0.29) is 17.8 Å². The number of carbonyl (C=O) groups excluding carboxylic acids is 1. The van der Waals surface area contributed by atoms with Crippen LogP contribution in [0.2, 0.25) is 5.02 Å². The van der Waals surface area contributed by atoms with Crippen LogP contribution in [-0.2, 0) is 11.3 Å². The summed E-state index contributed by atoms with van der Waals surface area (Å²) in [7, 11) is 0. The molecule has 0 aliphatic heterocycles. The lowest BCUT2D eigenvalue weighted by Gasteiger charge is -2.16. The summed E-state index contributed by atoms with van der Waals surface area (Å²) in [5, 5.41) is 12.7. The topological polar surface area (TPSA) is 69.0 Å². The van der Waals surface area contributed by atoms with Crippen LogP contribution in [0, 0.1) is 6.92 Å².